The van der Waals surface area contributed by atoms with E-state index in [4.69, 9.17) is 9.84 Å². The summed E-state index contributed by atoms with van der Waals surface area (Å²) < 4.78 is 45.0. The molecule has 32 heavy (non-hydrogen) atoms. The summed E-state index contributed by atoms with van der Waals surface area (Å²) in [6.45, 7) is -0.460. The minimum atomic E-state index is -4.57. The lowest BCUT2D eigenvalue weighted by molar-refractivity contribution is -0.140. The average Bonchev–Trinajstić information content (AvgIpc) is 2.77. The molecule has 3 aromatic carbocycles. The number of rotatable bonds is 7. The molecule has 0 unspecified atom stereocenters. The number of aliphatic carboxylic acids is 1. The van der Waals surface area contributed by atoms with Gasteiger partial charge in [0.15, 0.2) is 6.61 Å². The summed E-state index contributed by atoms with van der Waals surface area (Å²) in [6.07, 6.45) is -4.57. The maximum Gasteiger partial charge on any atom is 0.416 e. The first-order chi connectivity index (χ1) is 15.1. The fraction of sp³-hybridized carbons (Fsp3) is 0.167. The predicted octanol–water partition coefficient (Wildman–Crippen LogP) is 5.11. The Hall–Kier alpha value is -3.81. The molecule has 0 bridgehead atoms. The molecule has 0 aliphatic heterocycles. The van der Waals surface area contributed by atoms with Gasteiger partial charge in [0.2, 0.25) is 0 Å². The first kappa shape index (κ1) is 22.9. The molecule has 0 radical (unpaired) electrons. The lowest BCUT2D eigenvalue weighted by atomic mass is 9.99. The third-order valence-electron chi connectivity index (χ3n) is 4.68. The largest absolute Gasteiger partial charge is 0.481 e. The van der Waals surface area contributed by atoms with Crippen LogP contribution in [-0.4, -0.2) is 35.5 Å². The van der Waals surface area contributed by atoms with E-state index < -0.39 is 24.3 Å². The SMILES string of the molecule is CN(Cc1cccc(-c2cc(C(F)(F)F)ccc2OCC(=O)O)c1)C(=O)c1ccccc1. The smallest absolute Gasteiger partial charge is 0.416 e. The van der Waals surface area contributed by atoms with Crippen LogP contribution in [0.5, 0.6) is 5.75 Å². The number of nitrogens with zero attached hydrogens (tertiary/aromatic N) is 1. The summed E-state index contributed by atoms with van der Waals surface area (Å²) in [6, 6.07) is 18.3. The second-order valence-electron chi connectivity index (χ2n) is 7.12. The van der Waals surface area contributed by atoms with Gasteiger partial charge in [0.25, 0.3) is 5.91 Å². The summed E-state index contributed by atoms with van der Waals surface area (Å²) in [5.74, 6) is -1.42. The van der Waals surface area contributed by atoms with Gasteiger partial charge in [-0.1, -0.05) is 36.4 Å². The van der Waals surface area contributed by atoms with Crippen LogP contribution >= 0.6 is 0 Å². The van der Waals surface area contributed by atoms with E-state index in [2.05, 4.69) is 0 Å². The van der Waals surface area contributed by atoms with E-state index in [1.807, 2.05) is 0 Å². The fourth-order valence-electron chi connectivity index (χ4n) is 3.18. The Morgan fingerprint density at radius 3 is 2.34 bits per heavy atom. The molecule has 0 aliphatic rings. The van der Waals surface area contributed by atoms with E-state index in [0.29, 0.717) is 16.7 Å². The number of halogens is 3. The molecule has 0 saturated carbocycles. The molecule has 0 fully saturated rings. The van der Waals surface area contributed by atoms with Gasteiger partial charge in [0.05, 0.1) is 5.56 Å². The highest BCUT2D eigenvalue weighted by Gasteiger charge is 2.31. The van der Waals surface area contributed by atoms with Crippen LogP contribution in [0.2, 0.25) is 0 Å². The van der Waals surface area contributed by atoms with Crippen LogP contribution in [0.25, 0.3) is 11.1 Å². The molecule has 5 nitrogen and oxygen atoms in total. The van der Waals surface area contributed by atoms with E-state index in [-0.39, 0.29) is 23.8 Å². The van der Waals surface area contributed by atoms with Gasteiger partial charge in [-0.2, -0.15) is 13.2 Å². The minimum Gasteiger partial charge on any atom is -0.481 e. The quantitative estimate of drug-likeness (QED) is 0.551. The van der Waals surface area contributed by atoms with Crippen LogP contribution in [0.15, 0.2) is 72.8 Å². The summed E-state index contributed by atoms with van der Waals surface area (Å²) in [7, 11) is 1.63. The van der Waals surface area contributed by atoms with Gasteiger partial charge in [0, 0.05) is 24.7 Å². The Labute approximate surface area is 182 Å². The van der Waals surface area contributed by atoms with Crippen molar-refractivity contribution in [1.82, 2.24) is 4.90 Å². The van der Waals surface area contributed by atoms with Crippen LogP contribution in [0.3, 0.4) is 0 Å². The summed E-state index contributed by atoms with van der Waals surface area (Å²) in [5, 5.41) is 8.87. The van der Waals surface area contributed by atoms with Crippen molar-refractivity contribution in [3.05, 3.63) is 89.5 Å². The summed E-state index contributed by atoms with van der Waals surface area (Å²) in [4.78, 5) is 25.0. The minimum absolute atomic E-state index is 0.0197. The fourth-order valence-corrected chi connectivity index (χ4v) is 3.18. The third kappa shape index (κ3) is 5.66. The highest BCUT2D eigenvalue weighted by atomic mass is 19.4. The number of carboxylic acid groups (broad SMARTS) is 1. The number of carbonyl (C=O) groups excluding carboxylic acids is 1. The highest BCUT2D eigenvalue weighted by Crippen LogP contribution is 2.37. The van der Waals surface area contributed by atoms with Gasteiger partial charge in [-0.05, 0) is 47.5 Å². The van der Waals surface area contributed by atoms with E-state index >= 15 is 0 Å². The second kappa shape index (κ2) is 9.55. The van der Waals surface area contributed by atoms with Gasteiger partial charge >= 0.3 is 12.1 Å². The van der Waals surface area contributed by atoms with Crippen molar-refractivity contribution in [2.45, 2.75) is 12.7 Å². The molecule has 0 heterocycles. The van der Waals surface area contributed by atoms with Crippen LogP contribution < -0.4 is 4.74 Å². The standard InChI is InChI=1S/C24H20F3NO4/c1-28(23(31)17-7-3-2-4-8-17)14-16-6-5-9-18(12-16)20-13-19(24(25,26)27)10-11-21(20)32-15-22(29)30/h2-13H,14-15H2,1H3,(H,29,30). The van der Waals surface area contributed by atoms with E-state index in [1.54, 1.807) is 61.6 Å². The normalized spacial score (nSPS) is 11.1. The lowest BCUT2D eigenvalue weighted by Gasteiger charge is -2.19. The van der Waals surface area contributed by atoms with Gasteiger partial charge in [-0.25, -0.2) is 4.79 Å². The number of carbonyl (C=O) groups is 2. The van der Waals surface area contributed by atoms with Crippen LogP contribution in [-0.2, 0) is 17.5 Å². The van der Waals surface area contributed by atoms with E-state index in [1.165, 1.54) is 4.90 Å². The molecule has 0 aliphatic carbocycles. The first-order valence-electron chi connectivity index (χ1n) is 9.61. The van der Waals surface area contributed by atoms with Gasteiger partial charge in [-0.3, -0.25) is 4.79 Å². The van der Waals surface area contributed by atoms with E-state index in [0.717, 1.165) is 18.2 Å². The van der Waals surface area contributed by atoms with Crippen LogP contribution in [0.4, 0.5) is 13.2 Å². The molecule has 1 N–H and O–H groups in total. The molecular formula is C24H20F3NO4. The maximum atomic E-state index is 13.3. The topological polar surface area (TPSA) is 66.8 Å². The molecule has 166 valence electrons. The number of hydrogen-bond donors (Lipinski definition) is 1. The Morgan fingerprint density at radius 1 is 0.969 bits per heavy atom. The Morgan fingerprint density at radius 2 is 1.69 bits per heavy atom. The lowest BCUT2D eigenvalue weighted by Crippen LogP contribution is -2.26. The van der Waals surface area contributed by atoms with Crippen molar-refractivity contribution in [1.29, 1.82) is 0 Å². The Bertz CT molecular complexity index is 1110. The number of carboxylic acids is 1. The summed E-state index contributed by atoms with van der Waals surface area (Å²) in [5.41, 5.74) is 0.857. The van der Waals surface area contributed by atoms with Crippen molar-refractivity contribution >= 4 is 11.9 Å². The molecule has 3 aromatic rings. The maximum absolute atomic E-state index is 13.3. The number of amides is 1. The number of alkyl halides is 3. The molecule has 0 aromatic heterocycles. The van der Waals surface area contributed by atoms with Crippen molar-refractivity contribution in [2.75, 3.05) is 13.7 Å². The molecule has 0 spiro atoms. The molecule has 0 saturated heterocycles. The van der Waals surface area contributed by atoms with Crippen molar-refractivity contribution in [3.8, 4) is 16.9 Å². The Kier molecular flexibility index (Phi) is 6.82. The van der Waals surface area contributed by atoms with Gasteiger partial charge < -0.3 is 14.7 Å². The second-order valence-corrected chi connectivity index (χ2v) is 7.12. The number of hydrogen-bond acceptors (Lipinski definition) is 3. The monoisotopic (exact) mass is 443 g/mol. The zero-order chi connectivity index (χ0) is 23.3. The zero-order valence-electron chi connectivity index (χ0n) is 17.1. The molecule has 0 atom stereocenters. The van der Waals surface area contributed by atoms with Crippen molar-refractivity contribution < 1.29 is 32.6 Å². The van der Waals surface area contributed by atoms with Crippen LogP contribution in [0.1, 0.15) is 21.5 Å². The highest BCUT2D eigenvalue weighted by molar-refractivity contribution is 5.94. The number of benzene rings is 3. The molecular weight excluding hydrogens is 423 g/mol. The van der Waals surface area contributed by atoms with Crippen LogP contribution in [0, 0.1) is 0 Å². The van der Waals surface area contributed by atoms with Crippen molar-refractivity contribution in [3.63, 3.8) is 0 Å². The first-order valence-corrected chi connectivity index (χ1v) is 9.61. The average molecular weight is 443 g/mol. The molecule has 1 amide bonds. The van der Waals surface area contributed by atoms with Gasteiger partial charge in [-0.15, -0.1) is 0 Å². The molecule has 3 rings (SSSR count). The Balaban J connectivity index is 1.91. The van der Waals surface area contributed by atoms with E-state index in [9.17, 15) is 22.8 Å². The predicted molar refractivity (Wildman–Crippen MR) is 112 cm³/mol. The number of ether oxygens (including phenoxy) is 1. The van der Waals surface area contributed by atoms with Gasteiger partial charge in [0.1, 0.15) is 5.75 Å². The molecule has 8 heteroatoms. The third-order valence-corrected chi connectivity index (χ3v) is 4.68. The zero-order valence-corrected chi connectivity index (χ0v) is 17.1. The summed E-state index contributed by atoms with van der Waals surface area (Å²) >= 11 is 0. The van der Waals surface area contributed by atoms with Crippen molar-refractivity contribution in [2.24, 2.45) is 0 Å².